The molecule has 6 nitrogen and oxygen atoms in total. The van der Waals surface area contributed by atoms with Gasteiger partial charge in [-0.3, -0.25) is 9.59 Å². The largest absolute Gasteiger partial charge is 0.492 e. The van der Waals surface area contributed by atoms with E-state index in [0.717, 1.165) is 39.3 Å². The lowest BCUT2D eigenvalue weighted by molar-refractivity contribution is 0.0978. The summed E-state index contributed by atoms with van der Waals surface area (Å²) in [5, 5.41) is 0. The van der Waals surface area contributed by atoms with E-state index in [-0.39, 0.29) is 36.4 Å². The monoisotopic (exact) mass is 510 g/mol. The minimum atomic E-state index is -0.154. The number of hydrogen-bond acceptors (Lipinski definition) is 6. The van der Waals surface area contributed by atoms with Crippen LogP contribution in [-0.2, 0) is 0 Å². The number of halogens is 2. The summed E-state index contributed by atoms with van der Waals surface area (Å²) < 4.78 is 11.7. The molecule has 188 valence electrons. The van der Waals surface area contributed by atoms with Gasteiger partial charge in [-0.25, -0.2) is 0 Å². The molecule has 8 heteroatoms. The highest BCUT2D eigenvalue weighted by Crippen LogP contribution is 2.32. The van der Waals surface area contributed by atoms with Gasteiger partial charge in [-0.1, -0.05) is 27.7 Å². The van der Waals surface area contributed by atoms with Gasteiger partial charge in [-0.15, -0.1) is 24.8 Å². The second-order valence-electron chi connectivity index (χ2n) is 7.82. The number of fused-ring (bicyclic) bond motifs is 2. The highest BCUT2D eigenvalue weighted by molar-refractivity contribution is 6.28. The molecule has 3 rings (SSSR count). The Morgan fingerprint density at radius 1 is 0.588 bits per heavy atom. The third kappa shape index (κ3) is 6.95. The molecule has 0 fully saturated rings. The average Bonchev–Trinajstić information content (AvgIpc) is 2.83. The van der Waals surface area contributed by atoms with Gasteiger partial charge >= 0.3 is 0 Å². The number of benzene rings is 2. The molecule has 0 saturated heterocycles. The van der Waals surface area contributed by atoms with Crippen LogP contribution in [0.25, 0.3) is 0 Å². The molecule has 1 aliphatic carbocycles. The predicted molar refractivity (Wildman–Crippen MR) is 141 cm³/mol. The Balaban J connectivity index is 0.00000289. The number of hydrogen-bond donors (Lipinski definition) is 0. The lowest BCUT2D eigenvalue weighted by Crippen LogP contribution is -2.28. The van der Waals surface area contributed by atoms with E-state index in [0.29, 0.717) is 47.0 Å². The summed E-state index contributed by atoms with van der Waals surface area (Å²) in [5.41, 5.74) is 1.63. The lowest BCUT2D eigenvalue weighted by atomic mass is 9.84. The number of likely N-dealkylation sites (N-methyl/N-ethyl adjacent to an activating group) is 2. The Labute approximate surface area is 215 Å². The summed E-state index contributed by atoms with van der Waals surface area (Å²) in [6.45, 7) is 15.0. The van der Waals surface area contributed by atoms with Gasteiger partial charge in [0.15, 0.2) is 11.6 Å². The van der Waals surface area contributed by atoms with E-state index in [1.165, 1.54) is 0 Å². The maximum atomic E-state index is 13.1. The maximum Gasteiger partial charge on any atom is 0.194 e. The average molecular weight is 511 g/mol. The number of rotatable bonds is 12. The molecule has 34 heavy (non-hydrogen) atoms. The number of carbonyl (C=O) groups excluding carboxylic acids is 2. The van der Waals surface area contributed by atoms with Crippen LogP contribution in [0.3, 0.4) is 0 Å². The van der Waals surface area contributed by atoms with Gasteiger partial charge in [-0.2, -0.15) is 0 Å². The van der Waals surface area contributed by atoms with Crippen molar-refractivity contribution < 1.29 is 19.1 Å². The van der Waals surface area contributed by atoms with Crippen LogP contribution in [0.5, 0.6) is 11.5 Å². The number of ketones is 2. The van der Waals surface area contributed by atoms with E-state index in [1.54, 1.807) is 36.4 Å². The van der Waals surface area contributed by atoms with Crippen molar-refractivity contribution in [1.29, 1.82) is 0 Å². The van der Waals surface area contributed by atoms with Crippen LogP contribution in [0.1, 0.15) is 59.5 Å². The molecule has 2 aromatic rings. The van der Waals surface area contributed by atoms with Crippen molar-refractivity contribution in [3.8, 4) is 11.5 Å². The minimum absolute atomic E-state index is 0. The molecule has 0 N–H and O–H groups in total. The van der Waals surface area contributed by atoms with E-state index in [2.05, 4.69) is 37.5 Å². The first-order chi connectivity index (χ1) is 15.5. The quantitative estimate of drug-likeness (QED) is 0.350. The van der Waals surface area contributed by atoms with Crippen molar-refractivity contribution in [3.05, 3.63) is 58.7 Å². The summed E-state index contributed by atoms with van der Waals surface area (Å²) >= 11 is 0. The standard InChI is InChI=1S/C26H34N2O4.2ClH/c1-5-27(6-2)13-15-31-19-9-11-21-23(17-19)25(29)22-12-10-20(18-24(22)26(21)30)32-16-14-28(7-3)8-4;;/h9-12,17-18H,5-8,13-16H2,1-4H3;2*1H. The van der Waals surface area contributed by atoms with E-state index >= 15 is 0 Å². The summed E-state index contributed by atoms with van der Waals surface area (Å²) in [5.74, 6) is 0.908. The second-order valence-corrected chi connectivity index (χ2v) is 7.82. The second kappa shape index (κ2) is 14.3. The highest BCUT2D eigenvalue weighted by atomic mass is 35.5. The molecule has 0 aliphatic heterocycles. The van der Waals surface area contributed by atoms with Gasteiger partial charge in [0.1, 0.15) is 24.7 Å². The fraction of sp³-hybridized carbons (Fsp3) is 0.462. The van der Waals surface area contributed by atoms with Gasteiger partial charge in [0, 0.05) is 35.3 Å². The number of nitrogens with zero attached hydrogens (tertiary/aromatic N) is 2. The highest BCUT2D eigenvalue weighted by Gasteiger charge is 2.30. The van der Waals surface area contributed by atoms with Crippen molar-refractivity contribution in [2.24, 2.45) is 0 Å². The fourth-order valence-corrected chi connectivity index (χ4v) is 3.95. The third-order valence-corrected chi connectivity index (χ3v) is 6.10. The van der Waals surface area contributed by atoms with Crippen molar-refractivity contribution in [1.82, 2.24) is 9.80 Å². The lowest BCUT2D eigenvalue weighted by Gasteiger charge is -2.21. The molecular formula is C26H36Cl2N2O4. The first-order valence-electron chi connectivity index (χ1n) is 11.6. The zero-order valence-electron chi connectivity index (χ0n) is 20.5. The third-order valence-electron chi connectivity index (χ3n) is 6.10. The summed E-state index contributed by atoms with van der Waals surface area (Å²) in [4.78, 5) is 30.8. The normalized spacial score (nSPS) is 12.1. The van der Waals surface area contributed by atoms with Gasteiger partial charge in [0.25, 0.3) is 0 Å². The molecule has 0 heterocycles. The molecule has 0 amide bonds. The van der Waals surface area contributed by atoms with Gasteiger partial charge in [-0.05, 0) is 62.6 Å². The molecule has 0 spiro atoms. The van der Waals surface area contributed by atoms with Gasteiger partial charge < -0.3 is 19.3 Å². The first-order valence-corrected chi connectivity index (χ1v) is 11.6. The Bertz CT molecular complexity index is 882. The van der Waals surface area contributed by atoms with Crippen LogP contribution in [-0.4, -0.2) is 73.8 Å². The minimum Gasteiger partial charge on any atom is -0.492 e. The Hall–Kier alpha value is -2.12. The molecule has 0 unspecified atom stereocenters. The number of carbonyl (C=O) groups is 2. The molecular weight excluding hydrogens is 475 g/mol. The van der Waals surface area contributed by atoms with Crippen LogP contribution in [0, 0.1) is 0 Å². The summed E-state index contributed by atoms with van der Waals surface area (Å²) in [7, 11) is 0. The zero-order chi connectivity index (χ0) is 23.1. The topological polar surface area (TPSA) is 59.1 Å². The van der Waals surface area contributed by atoms with E-state index in [1.807, 2.05) is 0 Å². The fourth-order valence-electron chi connectivity index (χ4n) is 3.95. The van der Waals surface area contributed by atoms with Crippen LogP contribution in [0.15, 0.2) is 36.4 Å². The molecule has 1 aliphatic rings. The van der Waals surface area contributed by atoms with Gasteiger partial charge in [0.05, 0.1) is 0 Å². The summed E-state index contributed by atoms with van der Waals surface area (Å²) in [6, 6.07) is 10.3. The number of ether oxygens (including phenoxy) is 2. The summed E-state index contributed by atoms with van der Waals surface area (Å²) in [6.07, 6.45) is 0. The van der Waals surface area contributed by atoms with E-state index in [4.69, 9.17) is 9.47 Å². The van der Waals surface area contributed by atoms with E-state index < -0.39 is 0 Å². The molecule has 0 atom stereocenters. The van der Waals surface area contributed by atoms with Crippen LogP contribution < -0.4 is 9.47 Å². The molecule has 0 bridgehead atoms. The SMILES string of the molecule is CCN(CC)CCOc1ccc2c(c1)C(=O)c1ccc(OCCN(CC)CC)cc1C2=O.Cl.Cl. The maximum absolute atomic E-state index is 13.1. The molecule has 0 saturated carbocycles. The Kier molecular flexibility index (Phi) is 12.6. The Morgan fingerprint density at radius 3 is 1.26 bits per heavy atom. The van der Waals surface area contributed by atoms with Crippen molar-refractivity contribution in [2.75, 3.05) is 52.5 Å². The Morgan fingerprint density at radius 2 is 0.941 bits per heavy atom. The van der Waals surface area contributed by atoms with Crippen molar-refractivity contribution >= 4 is 36.4 Å². The molecule has 0 aromatic heterocycles. The molecule has 2 aromatic carbocycles. The van der Waals surface area contributed by atoms with Crippen LogP contribution >= 0.6 is 24.8 Å². The van der Waals surface area contributed by atoms with Crippen molar-refractivity contribution in [2.45, 2.75) is 27.7 Å². The van der Waals surface area contributed by atoms with E-state index in [9.17, 15) is 9.59 Å². The zero-order valence-corrected chi connectivity index (χ0v) is 22.1. The van der Waals surface area contributed by atoms with Crippen LogP contribution in [0.2, 0.25) is 0 Å². The predicted octanol–water partition coefficient (Wildman–Crippen LogP) is 4.75. The van der Waals surface area contributed by atoms with Crippen molar-refractivity contribution in [3.63, 3.8) is 0 Å². The molecule has 0 radical (unpaired) electrons. The first kappa shape index (κ1) is 29.9. The smallest absolute Gasteiger partial charge is 0.194 e. The van der Waals surface area contributed by atoms with Gasteiger partial charge in [0.2, 0.25) is 0 Å². The van der Waals surface area contributed by atoms with Crippen LogP contribution in [0.4, 0.5) is 0 Å².